The summed E-state index contributed by atoms with van der Waals surface area (Å²) in [5.41, 5.74) is 9.88. The number of hydrazone groups is 1. The SMILES string of the molecule is CCn1c(-c2cccc(F)c2)nc2cc(C3=NN(CCCN)C(=O)SC3)ccc21. The number of imidazole rings is 1. The average Bonchev–Trinajstić information content (AvgIpc) is 3.11. The minimum absolute atomic E-state index is 0.0491. The molecule has 0 fully saturated rings. The summed E-state index contributed by atoms with van der Waals surface area (Å²) in [4.78, 5) is 16.8. The molecule has 2 N–H and O–H groups in total. The fourth-order valence-electron chi connectivity index (χ4n) is 3.42. The van der Waals surface area contributed by atoms with Gasteiger partial charge in [-0.15, -0.1) is 0 Å². The van der Waals surface area contributed by atoms with Crippen LogP contribution in [0.1, 0.15) is 18.9 Å². The van der Waals surface area contributed by atoms with E-state index < -0.39 is 0 Å². The first-order chi connectivity index (χ1) is 14.1. The number of aromatic nitrogens is 2. The van der Waals surface area contributed by atoms with Crippen LogP contribution in [0.2, 0.25) is 0 Å². The van der Waals surface area contributed by atoms with E-state index in [1.165, 1.54) is 28.9 Å². The smallest absolute Gasteiger partial charge is 0.302 e. The number of carbonyl (C=O) groups is 1. The van der Waals surface area contributed by atoms with Crippen LogP contribution in [-0.2, 0) is 6.54 Å². The number of nitrogens with two attached hydrogens (primary N) is 1. The summed E-state index contributed by atoms with van der Waals surface area (Å²) in [5.74, 6) is 0.974. The number of hydrogen-bond donors (Lipinski definition) is 1. The maximum Gasteiger partial charge on any atom is 0.302 e. The van der Waals surface area contributed by atoms with Crippen molar-refractivity contribution in [3.05, 3.63) is 53.8 Å². The van der Waals surface area contributed by atoms with Gasteiger partial charge in [0.1, 0.15) is 11.6 Å². The van der Waals surface area contributed by atoms with E-state index in [4.69, 9.17) is 10.7 Å². The maximum atomic E-state index is 13.7. The lowest BCUT2D eigenvalue weighted by atomic mass is 10.1. The van der Waals surface area contributed by atoms with Crippen LogP contribution < -0.4 is 5.73 Å². The van der Waals surface area contributed by atoms with Crippen molar-refractivity contribution in [1.29, 1.82) is 0 Å². The first-order valence-corrected chi connectivity index (χ1v) is 10.6. The second-order valence-electron chi connectivity index (χ2n) is 6.76. The normalized spacial score (nSPS) is 14.5. The molecule has 1 amide bonds. The summed E-state index contributed by atoms with van der Waals surface area (Å²) >= 11 is 1.24. The standard InChI is InChI=1S/C21H22FN5OS/c1-2-26-19-8-7-14(18-13-29-21(28)27(25-18)10-4-9-23)12-17(19)24-20(26)15-5-3-6-16(22)11-15/h3,5-8,11-12H,2,4,9-10,13,23H2,1H3. The molecule has 0 atom stereocenters. The van der Waals surface area contributed by atoms with Crippen LogP contribution in [0.3, 0.4) is 0 Å². The highest BCUT2D eigenvalue weighted by atomic mass is 32.2. The van der Waals surface area contributed by atoms with Crippen molar-refractivity contribution in [2.75, 3.05) is 18.8 Å². The van der Waals surface area contributed by atoms with Crippen LogP contribution in [0.4, 0.5) is 9.18 Å². The fraction of sp³-hybridized carbons (Fsp3) is 0.286. The van der Waals surface area contributed by atoms with Crippen molar-refractivity contribution in [3.63, 3.8) is 0 Å². The first kappa shape index (κ1) is 19.6. The lowest BCUT2D eigenvalue weighted by Gasteiger charge is -2.22. The third kappa shape index (κ3) is 3.90. The highest BCUT2D eigenvalue weighted by Gasteiger charge is 2.22. The Hall–Kier alpha value is -2.71. The van der Waals surface area contributed by atoms with Gasteiger partial charge >= 0.3 is 5.24 Å². The largest absolute Gasteiger partial charge is 0.330 e. The van der Waals surface area contributed by atoms with Crippen molar-refractivity contribution in [2.45, 2.75) is 19.9 Å². The van der Waals surface area contributed by atoms with Crippen molar-refractivity contribution < 1.29 is 9.18 Å². The predicted molar refractivity (Wildman–Crippen MR) is 116 cm³/mol. The number of amides is 1. The third-order valence-electron chi connectivity index (χ3n) is 4.84. The number of aryl methyl sites for hydroxylation is 1. The average molecular weight is 412 g/mol. The molecule has 0 saturated carbocycles. The Morgan fingerprint density at radius 2 is 2.07 bits per heavy atom. The van der Waals surface area contributed by atoms with E-state index in [0.29, 0.717) is 25.3 Å². The van der Waals surface area contributed by atoms with Gasteiger partial charge in [0.25, 0.3) is 0 Å². The summed E-state index contributed by atoms with van der Waals surface area (Å²) in [6, 6.07) is 12.5. The number of thioether (sulfide) groups is 1. The number of fused-ring (bicyclic) bond motifs is 1. The molecule has 2 aromatic carbocycles. The van der Waals surface area contributed by atoms with Gasteiger partial charge in [-0.25, -0.2) is 14.4 Å². The summed E-state index contributed by atoms with van der Waals surface area (Å²) in [6.07, 6.45) is 0.708. The zero-order valence-electron chi connectivity index (χ0n) is 16.1. The molecule has 6 nitrogen and oxygen atoms in total. The van der Waals surface area contributed by atoms with E-state index in [1.807, 2.05) is 31.2 Å². The Morgan fingerprint density at radius 3 is 2.83 bits per heavy atom. The molecular weight excluding hydrogens is 389 g/mol. The molecule has 2 heterocycles. The molecule has 150 valence electrons. The molecule has 3 aromatic rings. The van der Waals surface area contributed by atoms with Crippen LogP contribution in [0.15, 0.2) is 47.6 Å². The second-order valence-corrected chi connectivity index (χ2v) is 7.69. The van der Waals surface area contributed by atoms with Gasteiger partial charge in [0, 0.05) is 30.0 Å². The summed E-state index contributed by atoms with van der Waals surface area (Å²) in [7, 11) is 0. The van der Waals surface area contributed by atoms with E-state index in [0.717, 1.165) is 40.2 Å². The zero-order chi connectivity index (χ0) is 20.4. The quantitative estimate of drug-likeness (QED) is 0.663. The molecule has 0 aliphatic carbocycles. The van der Waals surface area contributed by atoms with Crippen LogP contribution >= 0.6 is 11.8 Å². The van der Waals surface area contributed by atoms with Gasteiger partial charge in [-0.2, -0.15) is 5.10 Å². The van der Waals surface area contributed by atoms with Crippen molar-refractivity contribution in [2.24, 2.45) is 10.8 Å². The van der Waals surface area contributed by atoms with Gasteiger partial charge in [0.2, 0.25) is 0 Å². The molecular formula is C21H22FN5OS. The van der Waals surface area contributed by atoms with Crippen LogP contribution in [0, 0.1) is 5.82 Å². The van der Waals surface area contributed by atoms with Crippen molar-refractivity contribution in [3.8, 4) is 11.4 Å². The van der Waals surface area contributed by atoms with Crippen LogP contribution in [-0.4, -0.2) is 44.4 Å². The number of nitrogens with zero attached hydrogens (tertiary/aromatic N) is 4. The van der Waals surface area contributed by atoms with Gasteiger partial charge in [0.05, 0.1) is 16.7 Å². The number of hydrogen-bond acceptors (Lipinski definition) is 5. The predicted octanol–water partition coefficient (Wildman–Crippen LogP) is 4.08. The third-order valence-corrected chi connectivity index (χ3v) is 5.71. The van der Waals surface area contributed by atoms with E-state index in [9.17, 15) is 9.18 Å². The van der Waals surface area contributed by atoms with Crippen molar-refractivity contribution >= 4 is 33.7 Å². The Bertz CT molecular complexity index is 1090. The Kier molecular flexibility index (Phi) is 5.64. The van der Waals surface area contributed by atoms with E-state index in [1.54, 1.807) is 6.07 Å². The topological polar surface area (TPSA) is 76.5 Å². The molecule has 0 spiro atoms. The number of rotatable bonds is 6. The van der Waals surface area contributed by atoms with Gasteiger partial charge < -0.3 is 10.3 Å². The molecule has 29 heavy (non-hydrogen) atoms. The van der Waals surface area contributed by atoms with Crippen LogP contribution in [0.5, 0.6) is 0 Å². The highest BCUT2D eigenvalue weighted by molar-refractivity contribution is 8.14. The molecule has 0 saturated heterocycles. The summed E-state index contributed by atoms with van der Waals surface area (Å²) in [6.45, 7) is 3.80. The number of carbonyl (C=O) groups excluding carboxylic acids is 1. The minimum Gasteiger partial charge on any atom is -0.330 e. The molecule has 0 bridgehead atoms. The molecule has 1 aliphatic heterocycles. The first-order valence-electron chi connectivity index (χ1n) is 9.59. The Labute approximate surface area is 172 Å². The lowest BCUT2D eigenvalue weighted by molar-refractivity contribution is 0.224. The van der Waals surface area contributed by atoms with Gasteiger partial charge in [-0.1, -0.05) is 30.0 Å². The monoisotopic (exact) mass is 411 g/mol. The maximum absolute atomic E-state index is 13.7. The van der Waals surface area contributed by atoms with Gasteiger partial charge in [0.15, 0.2) is 0 Å². The number of halogens is 1. The fourth-order valence-corrected chi connectivity index (χ4v) is 4.19. The molecule has 0 radical (unpaired) electrons. The van der Waals surface area contributed by atoms with Gasteiger partial charge in [-0.05, 0) is 44.2 Å². The van der Waals surface area contributed by atoms with E-state index in [-0.39, 0.29) is 11.1 Å². The zero-order valence-corrected chi connectivity index (χ0v) is 17.0. The molecule has 1 aliphatic rings. The van der Waals surface area contributed by atoms with Gasteiger partial charge in [-0.3, -0.25) is 4.79 Å². The highest BCUT2D eigenvalue weighted by Crippen LogP contribution is 2.27. The number of benzene rings is 2. The minimum atomic E-state index is -0.284. The molecule has 0 unspecified atom stereocenters. The second kappa shape index (κ2) is 8.34. The Balaban J connectivity index is 1.74. The molecule has 8 heteroatoms. The van der Waals surface area contributed by atoms with E-state index >= 15 is 0 Å². The summed E-state index contributed by atoms with van der Waals surface area (Å²) in [5, 5.41) is 5.98. The molecule has 1 aromatic heterocycles. The van der Waals surface area contributed by atoms with Crippen LogP contribution in [0.25, 0.3) is 22.4 Å². The van der Waals surface area contributed by atoms with Crippen molar-refractivity contribution in [1.82, 2.24) is 14.6 Å². The molecule has 4 rings (SSSR count). The van der Waals surface area contributed by atoms with E-state index in [2.05, 4.69) is 9.67 Å². The lowest BCUT2D eigenvalue weighted by Crippen LogP contribution is -2.31. The summed E-state index contributed by atoms with van der Waals surface area (Å²) < 4.78 is 15.8. The Morgan fingerprint density at radius 1 is 1.21 bits per heavy atom.